The fraction of sp³-hybridized carbons (Fsp3) is 0.900. The van der Waals surface area contributed by atoms with Crippen LogP contribution in [0.3, 0.4) is 0 Å². The third-order valence-electron chi connectivity index (χ3n) is 2.73. The first-order valence-corrected chi connectivity index (χ1v) is 5.02. The molecule has 0 radical (unpaired) electrons. The van der Waals surface area contributed by atoms with E-state index in [0.717, 1.165) is 19.6 Å². The zero-order chi connectivity index (χ0) is 9.90. The van der Waals surface area contributed by atoms with Gasteiger partial charge in [-0.2, -0.15) is 0 Å². The minimum Gasteiger partial charge on any atom is -0.299 e. The Bertz CT molecular complexity index is 183. The van der Waals surface area contributed by atoms with E-state index in [9.17, 15) is 4.79 Å². The molecular weight excluding hydrogens is 164 g/mol. The Balaban J connectivity index is 2.41. The van der Waals surface area contributed by atoms with Crippen molar-refractivity contribution in [2.45, 2.75) is 33.6 Å². The number of rotatable bonds is 3. The first-order chi connectivity index (χ1) is 6.02. The number of carbonyl (C=O) groups is 1. The highest BCUT2D eigenvalue weighted by molar-refractivity contribution is 5.81. The maximum absolute atomic E-state index is 11.3. The second-order valence-electron chi connectivity index (χ2n) is 4.48. The van der Waals surface area contributed by atoms with Gasteiger partial charge in [0.05, 0.1) is 0 Å². The summed E-state index contributed by atoms with van der Waals surface area (Å²) in [6.07, 6.45) is 2.48. The van der Waals surface area contributed by atoms with Crippen molar-refractivity contribution in [3.8, 4) is 0 Å². The minimum atomic E-state index is -0.218. The molecule has 13 heavy (non-hydrogen) atoms. The van der Waals surface area contributed by atoms with Crippen LogP contribution in [0.5, 0.6) is 0 Å². The molecule has 0 amide bonds. The minimum absolute atomic E-state index is 0.218. The molecule has 1 N–H and O–H groups in total. The molecule has 1 aliphatic heterocycles. The largest absolute Gasteiger partial charge is 0.299 e. The summed E-state index contributed by atoms with van der Waals surface area (Å²) in [6.45, 7) is 8.62. The maximum atomic E-state index is 11.3. The molecule has 3 nitrogen and oxygen atoms in total. The van der Waals surface area contributed by atoms with Gasteiger partial charge in [-0.15, -0.1) is 0 Å². The first kappa shape index (κ1) is 10.7. The number of nitrogens with zero attached hydrogens (tertiary/aromatic N) is 1. The molecule has 0 unspecified atom stereocenters. The molecule has 1 aliphatic rings. The summed E-state index contributed by atoms with van der Waals surface area (Å²) in [7, 11) is 0. The van der Waals surface area contributed by atoms with Crippen molar-refractivity contribution in [3.05, 3.63) is 0 Å². The van der Waals surface area contributed by atoms with Crippen LogP contribution in [0.1, 0.15) is 33.6 Å². The number of Topliss-reactive ketones (excluding diaryl/α,β-unsaturated/α-hetero) is 1. The second kappa shape index (κ2) is 4.20. The fourth-order valence-electron chi connectivity index (χ4n) is 1.47. The van der Waals surface area contributed by atoms with Crippen LogP contribution in [-0.2, 0) is 4.79 Å². The van der Waals surface area contributed by atoms with E-state index >= 15 is 0 Å². The van der Waals surface area contributed by atoms with Gasteiger partial charge in [-0.1, -0.05) is 13.8 Å². The van der Waals surface area contributed by atoms with Gasteiger partial charge in [0, 0.05) is 25.0 Å². The number of hydrogen-bond donors (Lipinski definition) is 1. The highest BCUT2D eigenvalue weighted by Crippen LogP contribution is 2.18. The van der Waals surface area contributed by atoms with Gasteiger partial charge in [-0.3, -0.25) is 10.2 Å². The molecule has 3 heteroatoms. The average Bonchev–Trinajstić information content (AvgIpc) is 2.05. The van der Waals surface area contributed by atoms with E-state index < -0.39 is 0 Å². The van der Waals surface area contributed by atoms with Crippen molar-refractivity contribution < 1.29 is 4.79 Å². The molecule has 0 aliphatic carbocycles. The van der Waals surface area contributed by atoms with E-state index in [2.05, 4.69) is 10.4 Å². The standard InChI is InChI=1S/C10H20N2O/c1-9(13)10(2,3)8-12-7-5-4-6-11-12/h11H,4-8H2,1-3H3. The molecule has 1 saturated heterocycles. The molecular formula is C10H20N2O. The molecule has 0 saturated carbocycles. The van der Waals surface area contributed by atoms with Crippen molar-refractivity contribution in [2.24, 2.45) is 5.41 Å². The summed E-state index contributed by atoms with van der Waals surface area (Å²) in [6, 6.07) is 0. The first-order valence-electron chi connectivity index (χ1n) is 5.02. The molecule has 0 atom stereocenters. The molecule has 0 spiro atoms. The van der Waals surface area contributed by atoms with Gasteiger partial charge in [0.1, 0.15) is 5.78 Å². The van der Waals surface area contributed by atoms with E-state index in [0.29, 0.717) is 0 Å². The third-order valence-corrected chi connectivity index (χ3v) is 2.73. The van der Waals surface area contributed by atoms with Gasteiger partial charge in [-0.05, 0) is 19.8 Å². The zero-order valence-electron chi connectivity index (χ0n) is 8.89. The highest BCUT2D eigenvalue weighted by atomic mass is 16.1. The van der Waals surface area contributed by atoms with Crippen molar-refractivity contribution in [3.63, 3.8) is 0 Å². The number of carbonyl (C=O) groups excluding carboxylic acids is 1. The molecule has 1 heterocycles. The summed E-state index contributed by atoms with van der Waals surface area (Å²) < 4.78 is 0. The smallest absolute Gasteiger partial charge is 0.136 e. The maximum Gasteiger partial charge on any atom is 0.136 e. The van der Waals surface area contributed by atoms with Gasteiger partial charge in [-0.25, -0.2) is 5.01 Å². The van der Waals surface area contributed by atoms with E-state index in [1.54, 1.807) is 6.92 Å². The van der Waals surface area contributed by atoms with Crippen LogP contribution >= 0.6 is 0 Å². The third kappa shape index (κ3) is 3.08. The quantitative estimate of drug-likeness (QED) is 0.715. The monoisotopic (exact) mass is 184 g/mol. The molecule has 0 aromatic rings. The SMILES string of the molecule is CC(=O)C(C)(C)CN1CCCCN1. The molecule has 0 bridgehead atoms. The van der Waals surface area contributed by atoms with Crippen LogP contribution in [0.15, 0.2) is 0 Å². The van der Waals surface area contributed by atoms with E-state index in [4.69, 9.17) is 0 Å². The summed E-state index contributed by atoms with van der Waals surface area (Å²) in [4.78, 5) is 11.3. The van der Waals surface area contributed by atoms with Crippen LogP contribution in [-0.4, -0.2) is 30.4 Å². The molecule has 76 valence electrons. The topological polar surface area (TPSA) is 32.3 Å². The Morgan fingerprint density at radius 1 is 1.46 bits per heavy atom. The van der Waals surface area contributed by atoms with Gasteiger partial charge in [0.15, 0.2) is 0 Å². The second-order valence-corrected chi connectivity index (χ2v) is 4.48. The van der Waals surface area contributed by atoms with Crippen LogP contribution in [0.2, 0.25) is 0 Å². The molecule has 0 aromatic carbocycles. The van der Waals surface area contributed by atoms with Gasteiger partial charge >= 0.3 is 0 Å². The normalized spacial score (nSPS) is 20.2. The van der Waals surface area contributed by atoms with Gasteiger partial charge in [0.2, 0.25) is 0 Å². The predicted molar refractivity (Wildman–Crippen MR) is 53.3 cm³/mol. The van der Waals surface area contributed by atoms with E-state index in [1.807, 2.05) is 13.8 Å². The lowest BCUT2D eigenvalue weighted by molar-refractivity contribution is -0.126. The summed E-state index contributed by atoms with van der Waals surface area (Å²) >= 11 is 0. The van der Waals surface area contributed by atoms with Crippen LogP contribution in [0.25, 0.3) is 0 Å². The fourth-order valence-corrected chi connectivity index (χ4v) is 1.47. The van der Waals surface area contributed by atoms with Crippen molar-refractivity contribution in [2.75, 3.05) is 19.6 Å². The van der Waals surface area contributed by atoms with E-state index in [1.165, 1.54) is 12.8 Å². The van der Waals surface area contributed by atoms with Crippen LogP contribution in [0.4, 0.5) is 0 Å². The summed E-state index contributed by atoms with van der Waals surface area (Å²) in [5.41, 5.74) is 3.09. The zero-order valence-corrected chi connectivity index (χ0v) is 8.89. The lowest BCUT2D eigenvalue weighted by Gasteiger charge is -2.33. The molecule has 1 rings (SSSR count). The lowest BCUT2D eigenvalue weighted by Crippen LogP contribution is -2.49. The number of hydrazine groups is 1. The van der Waals surface area contributed by atoms with Gasteiger partial charge < -0.3 is 0 Å². The Labute approximate surface area is 80.5 Å². The van der Waals surface area contributed by atoms with Gasteiger partial charge in [0.25, 0.3) is 0 Å². The van der Waals surface area contributed by atoms with Crippen molar-refractivity contribution in [1.82, 2.24) is 10.4 Å². The molecule has 0 aromatic heterocycles. The number of ketones is 1. The van der Waals surface area contributed by atoms with Crippen molar-refractivity contribution in [1.29, 1.82) is 0 Å². The Morgan fingerprint density at radius 3 is 2.62 bits per heavy atom. The van der Waals surface area contributed by atoms with Crippen LogP contribution in [0, 0.1) is 5.41 Å². The number of nitrogens with one attached hydrogen (secondary N) is 1. The summed E-state index contributed by atoms with van der Waals surface area (Å²) in [5.74, 6) is 0.264. The Hall–Kier alpha value is -0.410. The predicted octanol–water partition coefficient (Wildman–Crippen LogP) is 1.20. The Kier molecular flexibility index (Phi) is 3.45. The highest BCUT2D eigenvalue weighted by Gasteiger charge is 2.27. The van der Waals surface area contributed by atoms with Crippen molar-refractivity contribution >= 4 is 5.78 Å². The molecule has 1 fully saturated rings. The number of hydrogen-bond acceptors (Lipinski definition) is 3. The van der Waals surface area contributed by atoms with Crippen LogP contribution < -0.4 is 5.43 Å². The average molecular weight is 184 g/mol. The Morgan fingerprint density at radius 2 is 2.15 bits per heavy atom. The lowest BCUT2D eigenvalue weighted by atomic mass is 9.88. The summed E-state index contributed by atoms with van der Waals surface area (Å²) in [5, 5.41) is 2.17. The van der Waals surface area contributed by atoms with E-state index in [-0.39, 0.29) is 11.2 Å².